The predicted molar refractivity (Wildman–Crippen MR) is 45.9 cm³/mol. The van der Waals surface area contributed by atoms with E-state index in [1.165, 1.54) is 0 Å². The number of nitrogens with one attached hydrogen (secondary N) is 1. The van der Waals surface area contributed by atoms with E-state index in [1.807, 2.05) is 13.0 Å². The van der Waals surface area contributed by atoms with Gasteiger partial charge in [0.1, 0.15) is 0 Å². The molecule has 11 heavy (non-hydrogen) atoms. The molecule has 1 N–H and O–H groups in total. The molecule has 0 amide bonds. The van der Waals surface area contributed by atoms with E-state index in [2.05, 4.69) is 17.4 Å². The molecule has 0 fully saturated rings. The van der Waals surface area contributed by atoms with Crippen LogP contribution < -0.4 is 5.32 Å². The van der Waals surface area contributed by atoms with Crippen LogP contribution in [0.5, 0.6) is 0 Å². The molecule has 0 bridgehead atoms. The van der Waals surface area contributed by atoms with E-state index < -0.39 is 0 Å². The third-order valence-corrected chi connectivity index (χ3v) is 1.23. The van der Waals surface area contributed by atoms with Crippen LogP contribution in [-0.2, 0) is 6.54 Å². The van der Waals surface area contributed by atoms with Crippen molar-refractivity contribution in [3.8, 4) is 0 Å². The van der Waals surface area contributed by atoms with E-state index in [-0.39, 0.29) is 12.4 Å². The maximum Gasteiger partial charge on any atom is 0.150 e. The van der Waals surface area contributed by atoms with Gasteiger partial charge in [-0.05, 0) is 13.5 Å². The van der Waals surface area contributed by atoms with Crippen molar-refractivity contribution < 1.29 is 4.52 Å². The number of rotatable bonds is 3. The molecule has 0 aliphatic heterocycles. The lowest BCUT2D eigenvalue weighted by Gasteiger charge is -1.92. The monoisotopic (exact) mass is 176 g/mol. The minimum absolute atomic E-state index is 0. The molecule has 64 valence electrons. The number of aromatic nitrogens is 1. The third kappa shape index (κ3) is 3.39. The van der Waals surface area contributed by atoms with E-state index in [0.717, 1.165) is 24.5 Å². The van der Waals surface area contributed by atoms with Gasteiger partial charge in [0.25, 0.3) is 0 Å². The van der Waals surface area contributed by atoms with Crippen molar-refractivity contribution in [3.63, 3.8) is 0 Å². The average molecular weight is 177 g/mol. The standard InChI is InChI=1S/C7H12N2O.ClH/c1-3-8-5-7-4-6(2)9-10-7;/h4,8H,3,5H2,1-2H3;1H. The summed E-state index contributed by atoms with van der Waals surface area (Å²) in [4.78, 5) is 0. The molecule has 0 atom stereocenters. The molecule has 0 saturated carbocycles. The molecule has 0 aromatic carbocycles. The topological polar surface area (TPSA) is 38.1 Å². The molecule has 0 radical (unpaired) electrons. The molecule has 3 nitrogen and oxygen atoms in total. The van der Waals surface area contributed by atoms with Crippen molar-refractivity contribution in [1.82, 2.24) is 10.5 Å². The van der Waals surface area contributed by atoms with Gasteiger partial charge in [0.2, 0.25) is 0 Å². The highest BCUT2D eigenvalue weighted by atomic mass is 35.5. The van der Waals surface area contributed by atoms with Gasteiger partial charge >= 0.3 is 0 Å². The van der Waals surface area contributed by atoms with Crippen LogP contribution in [0.4, 0.5) is 0 Å². The Kier molecular flexibility index (Phi) is 4.90. The Labute approximate surface area is 72.6 Å². The summed E-state index contributed by atoms with van der Waals surface area (Å²) in [6.45, 7) is 5.71. The van der Waals surface area contributed by atoms with Crippen molar-refractivity contribution in [2.24, 2.45) is 0 Å². The van der Waals surface area contributed by atoms with Gasteiger partial charge in [0, 0.05) is 6.07 Å². The number of hydrogen-bond donors (Lipinski definition) is 1. The zero-order valence-corrected chi connectivity index (χ0v) is 7.57. The SMILES string of the molecule is CCNCc1cc(C)no1.Cl. The molecule has 1 rings (SSSR count). The van der Waals surface area contributed by atoms with Gasteiger partial charge in [0.15, 0.2) is 5.76 Å². The molecule has 0 aliphatic carbocycles. The molecule has 0 saturated heterocycles. The number of aryl methyl sites for hydroxylation is 1. The van der Waals surface area contributed by atoms with Crippen LogP contribution in [-0.4, -0.2) is 11.7 Å². The maximum atomic E-state index is 4.95. The van der Waals surface area contributed by atoms with Crippen molar-refractivity contribution in [2.45, 2.75) is 20.4 Å². The first-order valence-corrected chi connectivity index (χ1v) is 3.46. The summed E-state index contributed by atoms with van der Waals surface area (Å²) in [6, 6.07) is 1.93. The number of hydrogen-bond acceptors (Lipinski definition) is 3. The Bertz CT molecular complexity index is 200. The van der Waals surface area contributed by atoms with Gasteiger partial charge in [-0.3, -0.25) is 0 Å². The van der Waals surface area contributed by atoms with Crippen molar-refractivity contribution >= 4 is 12.4 Å². The van der Waals surface area contributed by atoms with E-state index in [9.17, 15) is 0 Å². The van der Waals surface area contributed by atoms with Crippen LogP contribution in [0.3, 0.4) is 0 Å². The molecule has 0 spiro atoms. The Morgan fingerprint density at radius 2 is 2.36 bits per heavy atom. The fourth-order valence-electron chi connectivity index (χ4n) is 0.748. The minimum atomic E-state index is 0. The molecule has 0 aliphatic rings. The third-order valence-electron chi connectivity index (χ3n) is 1.23. The second kappa shape index (κ2) is 5.16. The van der Waals surface area contributed by atoms with Gasteiger partial charge in [-0.25, -0.2) is 0 Å². The molecular weight excluding hydrogens is 164 g/mol. The van der Waals surface area contributed by atoms with Crippen LogP contribution in [0.1, 0.15) is 18.4 Å². The lowest BCUT2D eigenvalue weighted by molar-refractivity contribution is 0.371. The Hall–Kier alpha value is -0.540. The van der Waals surface area contributed by atoms with Crippen LogP contribution in [0.15, 0.2) is 10.6 Å². The quantitative estimate of drug-likeness (QED) is 0.759. The lowest BCUT2D eigenvalue weighted by atomic mass is 10.4. The Balaban J connectivity index is 0.000001000. The second-order valence-corrected chi connectivity index (χ2v) is 2.21. The maximum absolute atomic E-state index is 4.95. The van der Waals surface area contributed by atoms with Crippen LogP contribution in [0.25, 0.3) is 0 Å². The Morgan fingerprint density at radius 1 is 1.64 bits per heavy atom. The van der Waals surface area contributed by atoms with Gasteiger partial charge in [-0.2, -0.15) is 0 Å². The molecule has 0 unspecified atom stereocenters. The van der Waals surface area contributed by atoms with Crippen molar-refractivity contribution in [1.29, 1.82) is 0 Å². The summed E-state index contributed by atoms with van der Waals surface area (Å²) in [5.74, 6) is 0.902. The zero-order valence-electron chi connectivity index (χ0n) is 6.76. The first kappa shape index (κ1) is 10.5. The summed E-state index contributed by atoms with van der Waals surface area (Å²) in [6.07, 6.45) is 0. The molecule has 1 heterocycles. The van der Waals surface area contributed by atoms with Gasteiger partial charge in [-0.1, -0.05) is 12.1 Å². The molecule has 4 heteroatoms. The van der Waals surface area contributed by atoms with Crippen LogP contribution in [0.2, 0.25) is 0 Å². The van der Waals surface area contributed by atoms with E-state index in [4.69, 9.17) is 4.52 Å². The van der Waals surface area contributed by atoms with Crippen LogP contribution in [0, 0.1) is 6.92 Å². The van der Waals surface area contributed by atoms with Crippen LogP contribution >= 0.6 is 12.4 Å². The van der Waals surface area contributed by atoms with E-state index in [0.29, 0.717) is 0 Å². The average Bonchev–Trinajstić information content (AvgIpc) is 2.31. The molecule has 1 aromatic heterocycles. The molecular formula is C7H13ClN2O. The highest BCUT2D eigenvalue weighted by Crippen LogP contribution is 2.00. The normalized spacial score (nSPS) is 9.27. The summed E-state index contributed by atoms with van der Waals surface area (Å²) in [7, 11) is 0. The smallest absolute Gasteiger partial charge is 0.150 e. The van der Waals surface area contributed by atoms with Gasteiger partial charge < -0.3 is 9.84 Å². The number of nitrogens with zero attached hydrogens (tertiary/aromatic N) is 1. The predicted octanol–water partition coefficient (Wildman–Crippen LogP) is 1.51. The Morgan fingerprint density at radius 3 is 2.82 bits per heavy atom. The first-order valence-electron chi connectivity index (χ1n) is 3.46. The van der Waals surface area contributed by atoms with Crippen molar-refractivity contribution in [3.05, 3.63) is 17.5 Å². The van der Waals surface area contributed by atoms with Gasteiger partial charge in [-0.15, -0.1) is 12.4 Å². The summed E-state index contributed by atoms with van der Waals surface area (Å²) in [5, 5.41) is 6.90. The summed E-state index contributed by atoms with van der Waals surface area (Å²) in [5.41, 5.74) is 0.938. The summed E-state index contributed by atoms with van der Waals surface area (Å²) >= 11 is 0. The second-order valence-electron chi connectivity index (χ2n) is 2.21. The van der Waals surface area contributed by atoms with E-state index in [1.54, 1.807) is 0 Å². The lowest BCUT2D eigenvalue weighted by Crippen LogP contribution is -2.10. The largest absolute Gasteiger partial charge is 0.360 e. The fraction of sp³-hybridized carbons (Fsp3) is 0.571. The first-order chi connectivity index (χ1) is 4.83. The summed E-state index contributed by atoms with van der Waals surface area (Å²) < 4.78 is 4.95. The highest BCUT2D eigenvalue weighted by molar-refractivity contribution is 5.85. The molecule has 1 aromatic rings. The minimum Gasteiger partial charge on any atom is -0.360 e. The number of halogens is 1. The van der Waals surface area contributed by atoms with Crippen molar-refractivity contribution in [2.75, 3.05) is 6.54 Å². The highest BCUT2D eigenvalue weighted by Gasteiger charge is 1.96. The van der Waals surface area contributed by atoms with Gasteiger partial charge in [0.05, 0.1) is 12.2 Å². The fourth-order valence-corrected chi connectivity index (χ4v) is 0.748. The van der Waals surface area contributed by atoms with E-state index >= 15 is 0 Å². The zero-order chi connectivity index (χ0) is 7.40.